The van der Waals surface area contributed by atoms with Gasteiger partial charge in [0.15, 0.2) is 0 Å². The van der Waals surface area contributed by atoms with E-state index in [1.807, 2.05) is 0 Å². The fraction of sp³-hybridized carbons (Fsp3) is 0.375. The summed E-state index contributed by atoms with van der Waals surface area (Å²) in [6, 6.07) is 0. The Morgan fingerprint density at radius 3 is 3.29 bits per heavy atom. The highest BCUT2D eigenvalue weighted by Crippen LogP contribution is 2.11. The predicted octanol–water partition coefficient (Wildman–Crippen LogP) is -0.138. The number of ether oxygens (including phenoxy) is 1. The Kier molecular flexibility index (Phi) is 2.66. The van der Waals surface area contributed by atoms with Gasteiger partial charge in [-0.25, -0.2) is 9.97 Å². The molecule has 2 aromatic rings. The maximum Gasteiger partial charge on any atom is 0.129 e. The van der Waals surface area contributed by atoms with E-state index in [1.54, 1.807) is 6.20 Å². The first kappa shape index (κ1) is 9.04. The molecule has 0 aliphatic heterocycles. The lowest BCUT2D eigenvalue weighted by Crippen LogP contribution is -2.00. The lowest BCUT2D eigenvalue weighted by atomic mass is 10.3. The molecule has 0 amide bonds. The number of aliphatic hydroxyl groups is 1. The minimum Gasteiger partial charge on any atom is -0.394 e. The van der Waals surface area contributed by atoms with Crippen LogP contribution in [0.2, 0.25) is 0 Å². The molecule has 74 valence electrons. The van der Waals surface area contributed by atoms with Gasteiger partial charge >= 0.3 is 0 Å². The second-order valence-corrected chi connectivity index (χ2v) is 2.73. The van der Waals surface area contributed by atoms with Gasteiger partial charge in [0, 0.05) is 0 Å². The van der Waals surface area contributed by atoms with Crippen LogP contribution in [0.4, 0.5) is 0 Å². The van der Waals surface area contributed by atoms with Crippen LogP contribution in [0.3, 0.4) is 0 Å². The second kappa shape index (κ2) is 4.12. The lowest BCUT2D eigenvalue weighted by molar-refractivity contribution is 0.0802. The summed E-state index contributed by atoms with van der Waals surface area (Å²) in [5.41, 5.74) is 2.28. The van der Waals surface area contributed by atoms with Gasteiger partial charge in [-0.3, -0.25) is 5.10 Å². The highest BCUT2D eigenvalue weighted by Gasteiger charge is 2.05. The van der Waals surface area contributed by atoms with Gasteiger partial charge in [-0.05, 0) is 0 Å². The first-order chi connectivity index (χ1) is 6.92. The van der Waals surface area contributed by atoms with E-state index >= 15 is 0 Å². The number of aliphatic hydroxyl groups excluding tert-OH is 1. The molecule has 0 saturated carbocycles. The third-order valence-electron chi connectivity index (χ3n) is 1.77. The van der Waals surface area contributed by atoms with Crippen molar-refractivity contribution in [2.45, 2.75) is 6.61 Å². The zero-order valence-electron chi connectivity index (χ0n) is 7.47. The number of hydrogen-bond donors (Lipinski definition) is 2. The molecule has 2 rings (SSSR count). The number of hydrogen-bond acceptors (Lipinski definition) is 5. The van der Waals surface area contributed by atoms with E-state index in [0.29, 0.717) is 13.2 Å². The van der Waals surface area contributed by atoms with Crippen LogP contribution in [0.5, 0.6) is 0 Å². The largest absolute Gasteiger partial charge is 0.394 e. The Labute approximate surface area is 80.0 Å². The van der Waals surface area contributed by atoms with E-state index in [0.717, 1.165) is 16.7 Å². The molecule has 0 fully saturated rings. The highest BCUT2D eigenvalue weighted by atomic mass is 16.5. The molecule has 2 heterocycles. The first-order valence-corrected chi connectivity index (χ1v) is 4.23. The smallest absolute Gasteiger partial charge is 0.129 e. The van der Waals surface area contributed by atoms with E-state index in [2.05, 4.69) is 20.2 Å². The zero-order valence-corrected chi connectivity index (χ0v) is 7.47. The topological polar surface area (TPSA) is 83.9 Å². The monoisotopic (exact) mass is 194 g/mol. The van der Waals surface area contributed by atoms with Crippen LogP contribution in [0.1, 0.15) is 5.69 Å². The minimum atomic E-state index is 0.0149. The maximum absolute atomic E-state index is 8.53. The van der Waals surface area contributed by atoms with Gasteiger partial charge in [-0.2, -0.15) is 5.10 Å². The summed E-state index contributed by atoms with van der Waals surface area (Å²) in [6.07, 6.45) is 3.10. The molecule has 0 aliphatic carbocycles. The number of nitrogens with zero attached hydrogens (tertiary/aromatic N) is 3. The molecule has 0 bridgehead atoms. The quantitative estimate of drug-likeness (QED) is 0.662. The molecule has 6 nitrogen and oxygen atoms in total. The van der Waals surface area contributed by atoms with Gasteiger partial charge < -0.3 is 9.84 Å². The SMILES string of the molecule is OCCOCc1[nH]nc2cncnc12. The van der Waals surface area contributed by atoms with Crippen LogP contribution in [0.15, 0.2) is 12.5 Å². The molecule has 0 radical (unpaired) electrons. The molecule has 0 aromatic carbocycles. The molecular weight excluding hydrogens is 184 g/mol. The molecule has 6 heteroatoms. The number of aromatic nitrogens is 4. The van der Waals surface area contributed by atoms with E-state index in [4.69, 9.17) is 9.84 Å². The van der Waals surface area contributed by atoms with Gasteiger partial charge in [-0.15, -0.1) is 0 Å². The van der Waals surface area contributed by atoms with Crippen LogP contribution < -0.4 is 0 Å². The van der Waals surface area contributed by atoms with Gasteiger partial charge in [-0.1, -0.05) is 0 Å². The maximum atomic E-state index is 8.53. The fourth-order valence-corrected chi connectivity index (χ4v) is 1.16. The number of H-pyrrole nitrogens is 1. The van der Waals surface area contributed by atoms with E-state index in [9.17, 15) is 0 Å². The predicted molar refractivity (Wildman–Crippen MR) is 48.4 cm³/mol. The van der Waals surface area contributed by atoms with Crippen molar-refractivity contribution in [1.29, 1.82) is 0 Å². The van der Waals surface area contributed by atoms with Gasteiger partial charge in [0.25, 0.3) is 0 Å². The Morgan fingerprint density at radius 1 is 1.50 bits per heavy atom. The van der Waals surface area contributed by atoms with Crippen LogP contribution in [0.25, 0.3) is 11.0 Å². The summed E-state index contributed by atoms with van der Waals surface area (Å²) < 4.78 is 5.15. The van der Waals surface area contributed by atoms with Crippen LogP contribution >= 0.6 is 0 Å². The minimum absolute atomic E-state index is 0.0149. The molecule has 0 atom stereocenters. The molecule has 0 spiro atoms. The van der Waals surface area contributed by atoms with Crippen molar-refractivity contribution in [2.24, 2.45) is 0 Å². The average Bonchev–Trinajstić information content (AvgIpc) is 2.63. The molecule has 2 N–H and O–H groups in total. The molecule has 2 aromatic heterocycles. The molecule has 14 heavy (non-hydrogen) atoms. The molecule has 0 unspecified atom stereocenters. The van der Waals surface area contributed by atoms with Gasteiger partial charge in [0.2, 0.25) is 0 Å². The van der Waals surface area contributed by atoms with E-state index in [-0.39, 0.29) is 6.61 Å². The van der Waals surface area contributed by atoms with Crippen molar-refractivity contribution >= 4 is 11.0 Å². The van der Waals surface area contributed by atoms with Crippen LogP contribution in [-0.2, 0) is 11.3 Å². The standard InChI is InChI=1S/C8H10N4O2/c13-1-2-14-4-7-8-6(11-12-7)3-9-5-10-8/h3,5,13H,1-2,4H2,(H,11,12). The van der Waals surface area contributed by atoms with Crippen LogP contribution in [0, 0.1) is 0 Å². The average molecular weight is 194 g/mol. The van der Waals surface area contributed by atoms with Crippen molar-refractivity contribution in [1.82, 2.24) is 20.2 Å². The summed E-state index contributed by atoms with van der Waals surface area (Å²) in [4.78, 5) is 7.92. The van der Waals surface area contributed by atoms with Crippen molar-refractivity contribution in [3.8, 4) is 0 Å². The summed E-state index contributed by atoms with van der Waals surface area (Å²) >= 11 is 0. The summed E-state index contributed by atoms with van der Waals surface area (Å²) in [5, 5.41) is 15.4. The Bertz CT molecular complexity index is 414. The normalized spacial score (nSPS) is 10.9. The number of fused-ring (bicyclic) bond motifs is 1. The zero-order chi connectivity index (χ0) is 9.80. The third kappa shape index (κ3) is 1.70. The van der Waals surface area contributed by atoms with E-state index < -0.39 is 0 Å². The lowest BCUT2D eigenvalue weighted by Gasteiger charge is -1.98. The van der Waals surface area contributed by atoms with Gasteiger partial charge in [0.1, 0.15) is 17.4 Å². The Hall–Kier alpha value is -1.53. The highest BCUT2D eigenvalue weighted by molar-refractivity contribution is 5.75. The molecule has 0 saturated heterocycles. The van der Waals surface area contributed by atoms with Crippen molar-refractivity contribution in [3.05, 3.63) is 18.2 Å². The molecule has 0 aliphatic rings. The molecular formula is C8H10N4O2. The fourth-order valence-electron chi connectivity index (χ4n) is 1.16. The van der Waals surface area contributed by atoms with Gasteiger partial charge in [0.05, 0.1) is 31.7 Å². The van der Waals surface area contributed by atoms with Crippen molar-refractivity contribution < 1.29 is 9.84 Å². The summed E-state index contributed by atoms with van der Waals surface area (Å²) in [5.74, 6) is 0. The first-order valence-electron chi connectivity index (χ1n) is 4.23. The number of aromatic amines is 1. The summed E-state index contributed by atoms with van der Waals surface area (Å²) in [6.45, 7) is 0.695. The summed E-state index contributed by atoms with van der Waals surface area (Å²) in [7, 11) is 0. The van der Waals surface area contributed by atoms with Crippen molar-refractivity contribution in [2.75, 3.05) is 13.2 Å². The second-order valence-electron chi connectivity index (χ2n) is 2.73. The Morgan fingerprint density at radius 2 is 2.43 bits per heavy atom. The van der Waals surface area contributed by atoms with E-state index in [1.165, 1.54) is 6.33 Å². The third-order valence-corrected chi connectivity index (χ3v) is 1.77. The number of nitrogens with one attached hydrogen (secondary N) is 1. The Balaban J connectivity index is 2.17. The van der Waals surface area contributed by atoms with Crippen molar-refractivity contribution in [3.63, 3.8) is 0 Å². The van der Waals surface area contributed by atoms with Crippen LogP contribution in [-0.4, -0.2) is 38.5 Å². The number of rotatable bonds is 4.